The lowest BCUT2D eigenvalue weighted by Gasteiger charge is -2.31. The first-order chi connectivity index (χ1) is 15.4. The second-order valence-corrected chi connectivity index (χ2v) is 10.1. The maximum absolute atomic E-state index is 13.3. The van der Waals surface area contributed by atoms with Crippen molar-refractivity contribution in [2.45, 2.75) is 75.9 Å². The van der Waals surface area contributed by atoms with Crippen LogP contribution in [0.5, 0.6) is 0 Å². The van der Waals surface area contributed by atoms with Crippen LogP contribution in [0.4, 0.5) is 0 Å². The van der Waals surface area contributed by atoms with Gasteiger partial charge < -0.3 is 10.2 Å². The molecule has 3 rings (SSSR count). The number of aryl methyl sites for hydroxylation is 1. The van der Waals surface area contributed by atoms with Crippen LogP contribution in [0.1, 0.15) is 56.6 Å². The summed E-state index contributed by atoms with van der Waals surface area (Å²) in [7, 11) is 0. The van der Waals surface area contributed by atoms with Crippen molar-refractivity contribution in [3.05, 3.63) is 64.7 Å². The molecule has 0 aliphatic heterocycles. The second kappa shape index (κ2) is 12.3. The fraction of sp³-hybridized carbons (Fsp3) is 0.462. The zero-order chi connectivity index (χ0) is 22.9. The molecule has 1 N–H and O–H groups in total. The van der Waals surface area contributed by atoms with Crippen molar-refractivity contribution >= 4 is 35.2 Å². The fourth-order valence-electron chi connectivity index (χ4n) is 4.05. The van der Waals surface area contributed by atoms with E-state index in [1.165, 1.54) is 6.42 Å². The number of rotatable bonds is 9. The Bertz CT molecular complexity index is 897. The molecule has 0 spiro atoms. The number of hydrogen-bond donors (Lipinski definition) is 1. The number of benzene rings is 2. The topological polar surface area (TPSA) is 49.4 Å². The summed E-state index contributed by atoms with van der Waals surface area (Å²) in [6.45, 7) is 4.33. The molecule has 6 heteroatoms. The molecule has 0 radical (unpaired) electrons. The predicted octanol–water partition coefficient (Wildman–Crippen LogP) is 6.00. The van der Waals surface area contributed by atoms with Crippen LogP contribution in [0, 0.1) is 6.92 Å². The van der Waals surface area contributed by atoms with Gasteiger partial charge in [-0.25, -0.2) is 0 Å². The summed E-state index contributed by atoms with van der Waals surface area (Å²) in [5, 5.41) is 3.89. The molecule has 0 aromatic heterocycles. The van der Waals surface area contributed by atoms with Crippen molar-refractivity contribution in [3.8, 4) is 0 Å². The highest BCUT2D eigenvalue weighted by molar-refractivity contribution is 7.99. The number of carbonyl (C=O) groups excluding carboxylic acids is 2. The Morgan fingerprint density at radius 1 is 1.09 bits per heavy atom. The average molecular weight is 473 g/mol. The highest BCUT2D eigenvalue weighted by Crippen LogP contribution is 2.23. The quantitative estimate of drug-likeness (QED) is 0.455. The molecule has 172 valence electrons. The molecular formula is C26H33ClN2O2S. The number of nitrogens with one attached hydrogen (secondary N) is 1. The van der Waals surface area contributed by atoms with Crippen molar-refractivity contribution in [3.63, 3.8) is 0 Å². The van der Waals surface area contributed by atoms with Gasteiger partial charge in [0.2, 0.25) is 11.8 Å². The van der Waals surface area contributed by atoms with Crippen LogP contribution in [0.15, 0.2) is 53.4 Å². The molecule has 1 aliphatic carbocycles. The molecule has 1 atom stereocenters. The van der Waals surface area contributed by atoms with Gasteiger partial charge in [-0.15, -0.1) is 11.8 Å². The van der Waals surface area contributed by atoms with Gasteiger partial charge in [-0.05, 0) is 62.1 Å². The third-order valence-electron chi connectivity index (χ3n) is 6.12. The van der Waals surface area contributed by atoms with E-state index in [-0.39, 0.29) is 17.9 Å². The van der Waals surface area contributed by atoms with Gasteiger partial charge in [-0.3, -0.25) is 9.59 Å². The first-order valence-electron chi connectivity index (χ1n) is 11.5. The fourth-order valence-corrected chi connectivity index (χ4v) is 5.02. The summed E-state index contributed by atoms with van der Waals surface area (Å²) in [4.78, 5) is 29.1. The van der Waals surface area contributed by atoms with Gasteiger partial charge in [0.1, 0.15) is 6.04 Å². The van der Waals surface area contributed by atoms with Crippen LogP contribution in [0.3, 0.4) is 0 Å². The number of halogens is 1. The van der Waals surface area contributed by atoms with Crippen LogP contribution in [0.25, 0.3) is 0 Å². The first-order valence-corrected chi connectivity index (χ1v) is 12.8. The molecule has 0 saturated heterocycles. The Balaban J connectivity index is 1.65. The Kier molecular flexibility index (Phi) is 9.49. The Morgan fingerprint density at radius 3 is 2.47 bits per heavy atom. The zero-order valence-corrected chi connectivity index (χ0v) is 20.6. The summed E-state index contributed by atoms with van der Waals surface area (Å²) in [5.74, 6) is 0.604. The Labute approximate surface area is 201 Å². The van der Waals surface area contributed by atoms with Gasteiger partial charge in [0.15, 0.2) is 0 Å². The molecule has 32 heavy (non-hydrogen) atoms. The molecule has 2 amide bonds. The molecule has 4 nitrogen and oxygen atoms in total. The molecule has 0 heterocycles. The number of hydrogen-bond acceptors (Lipinski definition) is 3. The third-order valence-corrected chi connectivity index (χ3v) is 7.38. The lowest BCUT2D eigenvalue weighted by molar-refractivity contribution is -0.140. The molecule has 2 aromatic carbocycles. The SMILES string of the molecule is Cc1ccccc1CN(C(=O)CCSc1ccc(Cl)cc1)[C@H](C)C(=O)NC1CCCCC1. The molecule has 0 bridgehead atoms. The normalized spacial score (nSPS) is 15.2. The molecule has 1 saturated carbocycles. The maximum atomic E-state index is 13.3. The molecule has 1 fully saturated rings. The van der Waals surface area contributed by atoms with E-state index in [0.717, 1.165) is 41.7 Å². The minimum absolute atomic E-state index is 0.000936. The summed E-state index contributed by atoms with van der Waals surface area (Å²) >= 11 is 7.58. The largest absolute Gasteiger partial charge is 0.352 e. The van der Waals surface area contributed by atoms with Gasteiger partial charge in [0.05, 0.1) is 0 Å². The van der Waals surface area contributed by atoms with Crippen LogP contribution in [-0.2, 0) is 16.1 Å². The van der Waals surface area contributed by atoms with E-state index in [4.69, 9.17) is 11.6 Å². The van der Waals surface area contributed by atoms with Crippen LogP contribution >= 0.6 is 23.4 Å². The number of nitrogens with zero attached hydrogens (tertiary/aromatic N) is 1. The maximum Gasteiger partial charge on any atom is 0.242 e. The highest BCUT2D eigenvalue weighted by atomic mass is 35.5. The van der Waals surface area contributed by atoms with Crippen molar-refractivity contribution in [1.29, 1.82) is 0 Å². The lowest BCUT2D eigenvalue weighted by Crippen LogP contribution is -2.50. The van der Waals surface area contributed by atoms with Crippen LogP contribution < -0.4 is 5.32 Å². The minimum Gasteiger partial charge on any atom is -0.352 e. The Morgan fingerprint density at radius 2 is 1.78 bits per heavy atom. The molecule has 1 aliphatic rings. The van der Waals surface area contributed by atoms with Crippen molar-refractivity contribution in [1.82, 2.24) is 10.2 Å². The Hall–Kier alpha value is -1.98. The van der Waals surface area contributed by atoms with E-state index in [9.17, 15) is 9.59 Å². The van der Waals surface area contributed by atoms with Gasteiger partial charge in [-0.2, -0.15) is 0 Å². The van der Waals surface area contributed by atoms with E-state index in [0.29, 0.717) is 23.7 Å². The molecule has 0 unspecified atom stereocenters. The zero-order valence-electron chi connectivity index (χ0n) is 19.0. The molecular weight excluding hydrogens is 440 g/mol. The highest BCUT2D eigenvalue weighted by Gasteiger charge is 2.28. The summed E-state index contributed by atoms with van der Waals surface area (Å²) in [5.41, 5.74) is 2.20. The molecule has 2 aromatic rings. The van der Waals surface area contributed by atoms with E-state index in [2.05, 4.69) is 5.32 Å². The van der Waals surface area contributed by atoms with E-state index >= 15 is 0 Å². The third kappa shape index (κ3) is 7.28. The summed E-state index contributed by atoms with van der Waals surface area (Å²) in [6, 6.07) is 15.4. The lowest BCUT2D eigenvalue weighted by atomic mass is 9.95. The standard InChI is InChI=1S/C26H33ClN2O2S/c1-19-8-6-7-9-21(19)18-29(20(2)26(31)28-23-10-4-3-5-11-23)25(30)16-17-32-24-14-12-22(27)13-15-24/h6-9,12-15,20,23H,3-5,10-11,16-18H2,1-2H3,(H,28,31)/t20-/m1/s1. The number of carbonyl (C=O) groups is 2. The summed E-state index contributed by atoms with van der Waals surface area (Å²) in [6.07, 6.45) is 6.00. The minimum atomic E-state index is -0.510. The van der Waals surface area contributed by atoms with Crippen LogP contribution in [0.2, 0.25) is 5.02 Å². The first kappa shape index (κ1) is 24.7. The van der Waals surface area contributed by atoms with E-state index in [1.54, 1.807) is 16.7 Å². The van der Waals surface area contributed by atoms with Gasteiger partial charge in [0.25, 0.3) is 0 Å². The average Bonchev–Trinajstić information content (AvgIpc) is 2.80. The van der Waals surface area contributed by atoms with Gasteiger partial charge >= 0.3 is 0 Å². The number of thioether (sulfide) groups is 1. The van der Waals surface area contributed by atoms with E-state index in [1.807, 2.05) is 62.4 Å². The van der Waals surface area contributed by atoms with Gasteiger partial charge in [0, 0.05) is 34.7 Å². The van der Waals surface area contributed by atoms with Crippen molar-refractivity contribution < 1.29 is 9.59 Å². The predicted molar refractivity (Wildman–Crippen MR) is 133 cm³/mol. The van der Waals surface area contributed by atoms with Crippen LogP contribution in [-0.4, -0.2) is 34.6 Å². The van der Waals surface area contributed by atoms with E-state index < -0.39 is 6.04 Å². The van der Waals surface area contributed by atoms with Crippen molar-refractivity contribution in [2.24, 2.45) is 0 Å². The second-order valence-electron chi connectivity index (χ2n) is 8.52. The monoisotopic (exact) mass is 472 g/mol. The summed E-state index contributed by atoms with van der Waals surface area (Å²) < 4.78 is 0. The number of amides is 2. The smallest absolute Gasteiger partial charge is 0.242 e. The van der Waals surface area contributed by atoms with Crippen molar-refractivity contribution in [2.75, 3.05) is 5.75 Å². The van der Waals surface area contributed by atoms with Gasteiger partial charge in [-0.1, -0.05) is 55.1 Å².